The number of hydrogen-bond acceptors (Lipinski definition) is 2. The Labute approximate surface area is 108 Å². The molecule has 1 saturated carbocycles. The zero-order valence-electron chi connectivity index (χ0n) is 9.12. The van der Waals surface area contributed by atoms with Gasteiger partial charge in [-0.25, -0.2) is 4.98 Å². The predicted octanol–water partition coefficient (Wildman–Crippen LogP) is 3.41. The fourth-order valence-electron chi connectivity index (χ4n) is 2.20. The highest BCUT2D eigenvalue weighted by atomic mass is 79.9. The van der Waals surface area contributed by atoms with Gasteiger partial charge in [0.05, 0.1) is 6.33 Å². The summed E-state index contributed by atoms with van der Waals surface area (Å²) in [4.78, 5) is 16.0. The Morgan fingerprint density at radius 3 is 2.69 bits per heavy atom. The van der Waals surface area contributed by atoms with Crippen molar-refractivity contribution in [1.82, 2.24) is 9.55 Å². The molecule has 16 heavy (non-hydrogen) atoms. The van der Waals surface area contributed by atoms with E-state index >= 15 is 0 Å². The summed E-state index contributed by atoms with van der Waals surface area (Å²) in [6.45, 7) is 2.26. The molecule has 0 saturated heterocycles. The van der Waals surface area contributed by atoms with Crippen LogP contribution in [0, 0.1) is 5.92 Å². The molecule has 3 nitrogen and oxygen atoms in total. The van der Waals surface area contributed by atoms with E-state index in [1.165, 1.54) is 12.8 Å². The lowest BCUT2D eigenvalue weighted by Gasteiger charge is -2.27. The number of hydrogen-bond donors (Lipinski definition) is 0. The van der Waals surface area contributed by atoms with Crippen LogP contribution in [-0.4, -0.2) is 9.55 Å². The van der Waals surface area contributed by atoms with Crippen LogP contribution in [0.15, 0.2) is 15.6 Å². The molecule has 0 atom stereocenters. The largest absolute Gasteiger partial charge is 0.295 e. The third-order valence-electron chi connectivity index (χ3n) is 3.28. The molecule has 1 fully saturated rings. The summed E-state index contributed by atoms with van der Waals surface area (Å²) in [6, 6.07) is 0.282. The molecule has 1 aromatic rings. The average molecular weight is 306 g/mol. The van der Waals surface area contributed by atoms with Crippen LogP contribution in [-0.2, 0) is 0 Å². The molecule has 0 spiro atoms. The Balaban J connectivity index is 2.28. The molecule has 0 aromatic carbocycles. The molecule has 0 bridgehead atoms. The first kappa shape index (κ1) is 12.1. The van der Waals surface area contributed by atoms with Gasteiger partial charge in [0.1, 0.15) is 4.47 Å². The minimum absolute atomic E-state index is 0.0699. The number of rotatable bonds is 1. The summed E-state index contributed by atoms with van der Waals surface area (Å²) in [6.07, 6.45) is 6.03. The van der Waals surface area contributed by atoms with Crippen LogP contribution in [0.4, 0.5) is 0 Å². The van der Waals surface area contributed by atoms with Gasteiger partial charge >= 0.3 is 0 Å². The molecule has 0 unspecified atom stereocenters. The van der Waals surface area contributed by atoms with E-state index in [0.717, 1.165) is 18.8 Å². The molecule has 1 aromatic heterocycles. The van der Waals surface area contributed by atoms with Crippen molar-refractivity contribution < 1.29 is 0 Å². The highest BCUT2D eigenvalue weighted by Crippen LogP contribution is 2.31. The minimum Gasteiger partial charge on any atom is -0.295 e. The maximum absolute atomic E-state index is 12.0. The molecule has 0 radical (unpaired) electrons. The molecule has 0 amide bonds. The van der Waals surface area contributed by atoms with Crippen molar-refractivity contribution in [2.24, 2.45) is 5.92 Å². The third-order valence-corrected chi connectivity index (χ3v) is 4.51. The molecular weight excluding hydrogens is 291 g/mol. The summed E-state index contributed by atoms with van der Waals surface area (Å²) >= 11 is 8.96. The van der Waals surface area contributed by atoms with Gasteiger partial charge in [0, 0.05) is 6.04 Å². The Kier molecular flexibility index (Phi) is 3.70. The topological polar surface area (TPSA) is 34.9 Å². The third kappa shape index (κ3) is 2.33. The van der Waals surface area contributed by atoms with Gasteiger partial charge in [0.2, 0.25) is 0 Å². The smallest absolute Gasteiger partial charge is 0.269 e. The van der Waals surface area contributed by atoms with E-state index in [2.05, 4.69) is 27.8 Å². The Morgan fingerprint density at radius 2 is 2.06 bits per heavy atom. The first-order valence-corrected chi connectivity index (χ1v) is 6.69. The lowest BCUT2D eigenvalue weighted by Crippen LogP contribution is -2.28. The maximum atomic E-state index is 12.0. The van der Waals surface area contributed by atoms with Gasteiger partial charge in [-0.3, -0.25) is 9.36 Å². The summed E-state index contributed by atoms with van der Waals surface area (Å²) in [5.41, 5.74) is -0.0699. The van der Waals surface area contributed by atoms with E-state index in [4.69, 9.17) is 11.6 Å². The van der Waals surface area contributed by atoms with E-state index in [0.29, 0.717) is 4.47 Å². The van der Waals surface area contributed by atoms with Crippen molar-refractivity contribution in [3.8, 4) is 0 Å². The van der Waals surface area contributed by atoms with Crippen molar-refractivity contribution in [3.05, 3.63) is 26.3 Å². The monoisotopic (exact) mass is 304 g/mol. The number of nitrogens with zero attached hydrogens (tertiary/aromatic N) is 2. The van der Waals surface area contributed by atoms with E-state index < -0.39 is 0 Å². The van der Waals surface area contributed by atoms with Crippen LogP contribution < -0.4 is 5.56 Å². The lowest BCUT2D eigenvalue weighted by atomic mass is 9.87. The zero-order chi connectivity index (χ0) is 11.7. The summed E-state index contributed by atoms with van der Waals surface area (Å²) in [7, 11) is 0. The molecule has 0 aliphatic heterocycles. The van der Waals surface area contributed by atoms with Crippen molar-refractivity contribution in [2.75, 3.05) is 0 Å². The molecule has 1 aliphatic carbocycles. The fourth-order valence-corrected chi connectivity index (χ4v) is 2.64. The van der Waals surface area contributed by atoms with Crippen molar-refractivity contribution in [1.29, 1.82) is 0 Å². The van der Waals surface area contributed by atoms with Crippen LogP contribution in [0.25, 0.3) is 0 Å². The quantitative estimate of drug-likeness (QED) is 0.745. The van der Waals surface area contributed by atoms with E-state index in [1.807, 2.05) is 0 Å². The van der Waals surface area contributed by atoms with Gasteiger partial charge in [-0.1, -0.05) is 18.5 Å². The zero-order valence-corrected chi connectivity index (χ0v) is 11.5. The second kappa shape index (κ2) is 4.88. The molecule has 1 aliphatic rings. The standard InChI is InChI=1S/C11H14BrClN2O/c1-7-2-4-8(5-3-7)15-6-14-10(13)9(12)11(15)16/h6-8H,2-5H2,1H3. The Hall–Kier alpha value is -0.350. The molecule has 1 heterocycles. The molecule has 2 rings (SSSR count). The first-order chi connectivity index (χ1) is 7.59. The highest BCUT2D eigenvalue weighted by molar-refractivity contribution is 9.10. The van der Waals surface area contributed by atoms with Crippen LogP contribution >= 0.6 is 27.5 Å². The van der Waals surface area contributed by atoms with Gasteiger partial charge in [-0.05, 0) is 47.5 Å². The molecule has 0 N–H and O–H groups in total. The predicted molar refractivity (Wildman–Crippen MR) is 67.9 cm³/mol. The average Bonchev–Trinajstić information content (AvgIpc) is 2.28. The van der Waals surface area contributed by atoms with Crippen LogP contribution in [0.1, 0.15) is 38.6 Å². The summed E-state index contributed by atoms with van der Waals surface area (Å²) in [5.74, 6) is 0.774. The first-order valence-electron chi connectivity index (χ1n) is 5.51. The van der Waals surface area contributed by atoms with Crippen LogP contribution in [0.2, 0.25) is 5.15 Å². The minimum atomic E-state index is -0.0699. The summed E-state index contributed by atoms with van der Waals surface area (Å²) < 4.78 is 2.08. The molecular formula is C11H14BrClN2O. The maximum Gasteiger partial charge on any atom is 0.269 e. The second-order valence-electron chi connectivity index (χ2n) is 4.48. The number of halogens is 2. The van der Waals surface area contributed by atoms with E-state index in [1.54, 1.807) is 10.9 Å². The van der Waals surface area contributed by atoms with E-state index in [-0.39, 0.29) is 16.8 Å². The normalized spacial score (nSPS) is 25.7. The fraction of sp³-hybridized carbons (Fsp3) is 0.636. The molecule has 5 heteroatoms. The highest BCUT2D eigenvalue weighted by Gasteiger charge is 2.21. The second-order valence-corrected chi connectivity index (χ2v) is 5.63. The van der Waals surface area contributed by atoms with Crippen molar-refractivity contribution >= 4 is 27.5 Å². The molecule has 88 valence electrons. The van der Waals surface area contributed by atoms with Crippen LogP contribution in [0.3, 0.4) is 0 Å². The van der Waals surface area contributed by atoms with Crippen LogP contribution in [0.5, 0.6) is 0 Å². The van der Waals surface area contributed by atoms with Crippen molar-refractivity contribution in [3.63, 3.8) is 0 Å². The summed E-state index contributed by atoms with van der Waals surface area (Å²) in [5, 5.41) is 0.241. The van der Waals surface area contributed by atoms with Gasteiger partial charge in [-0.2, -0.15) is 0 Å². The Morgan fingerprint density at radius 1 is 1.44 bits per heavy atom. The Bertz CT molecular complexity index is 438. The van der Waals surface area contributed by atoms with Gasteiger partial charge in [-0.15, -0.1) is 0 Å². The van der Waals surface area contributed by atoms with Crippen molar-refractivity contribution in [2.45, 2.75) is 38.6 Å². The van der Waals surface area contributed by atoms with Gasteiger partial charge in [0.25, 0.3) is 5.56 Å². The van der Waals surface area contributed by atoms with E-state index in [9.17, 15) is 4.79 Å². The SMILES string of the molecule is CC1CCC(n2cnc(Cl)c(Br)c2=O)CC1. The van der Waals surface area contributed by atoms with Gasteiger partial charge in [0.15, 0.2) is 5.15 Å². The van der Waals surface area contributed by atoms with Gasteiger partial charge < -0.3 is 0 Å². The number of aromatic nitrogens is 2. The lowest BCUT2D eigenvalue weighted by molar-refractivity contribution is 0.283.